The molecule has 1 rings (SSSR count). The van der Waals surface area contributed by atoms with E-state index in [0.717, 1.165) is 0 Å². The lowest BCUT2D eigenvalue weighted by atomic mass is 9.82. The zero-order chi connectivity index (χ0) is 21.0. The van der Waals surface area contributed by atoms with Crippen molar-refractivity contribution in [3.8, 4) is 0 Å². The molecule has 148 valence electrons. The summed E-state index contributed by atoms with van der Waals surface area (Å²) in [6.45, 7) is 26.5. The van der Waals surface area contributed by atoms with Crippen LogP contribution in [-0.4, -0.2) is 0 Å². The molecule has 0 saturated carbocycles. The number of benzene rings is 1. The van der Waals surface area contributed by atoms with Gasteiger partial charge >= 0.3 is 0 Å². The summed E-state index contributed by atoms with van der Waals surface area (Å²) in [5.74, 6) is 0.317. The standard InChI is InChI=1S/C27H40/c1-12-22(17-23(13-2)26(6,7)8)20(4)16-21(5)25-18-24(27(9,10)11)15-14-19(25)3/h12-18,20H,1H2,2-11H3. The number of hydrogen-bond acceptors (Lipinski definition) is 0. The highest BCUT2D eigenvalue weighted by molar-refractivity contribution is 5.68. The van der Waals surface area contributed by atoms with E-state index in [9.17, 15) is 0 Å². The predicted molar refractivity (Wildman–Crippen MR) is 124 cm³/mol. The lowest BCUT2D eigenvalue weighted by molar-refractivity contribution is 0.515. The van der Waals surface area contributed by atoms with Gasteiger partial charge in [0.2, 0.25) is 0 Å². The normalized spacial score (nSPS) is 15.7. The number of aryl methyl sites for hydroxylation is 1. The highest BCUT2D eigenvalue weighted by atomic mass is 14.2. The van der Waals surface area contributed by atoms with Crippen molar-refractivity contribution in [2.75, 3.05) is 0 Å². The van der Waals surface area contributed by atoms with E-state index in [2.05, 4.69) is 112 Å². The zero-order valence-corrected chi connectivity index (χ0v) is 19.3. The third-order valence-corrected chi connectivity index (χ3v) is 5.29. The van der Waals surface area contributed by atoms with Gasteiger partial charge in [-0.25, -0.2) is 0 Å². The average molecular weight is 365 g/mol. The van der Waals surface area contributed by atoms with Crippen LogP contribution in [0.3, 0.4) is 0 Å². The Labute approximate surface area is 168 Å². The van der Waals surface area contributed by atoms with Gasteiger partial charge in [-0.05, 0) is 70.9 Å². The topological polar surface area (TPSA) is 0 Å². The Balaban J connectivity index is 3.31. The summed E-state index contributed by atoms with van der Waals surface area (Å²) < 4.78 is 0. The lowest BCUT2D eigenvalue weighted by Gasteiger charge is -2.23. The van der Waals surface area contributed by atoms with E-state index in [1.807, 2.05) is 6.08 Å². The monoisotopic (exact) mass is 364 g/mol. The molecule has 0 aliphatic carbocycles. The molecule has 0 heterocycles. The van der Waals surface area contributed by atoms with Gasteiger partial charge in [0.15, 0.2) is 0 Å². The van der Waals surface area contributed by atoms with Gasteiger partial charge in [-0.1, -0.05) is 97.5 Å². The van der Waals surface area contributed by atoms with Gasteiger partial charge in [0, 0.05) is 0 Å². The molecule has 0 radical (unpaired) electrons. The van der Waals surface area contributed by atoms with Crippen LogP contribution in [0.15, 0.2) is 60.2 Å². The second-order valence-corrected chi connectivity index (χ2v) is 9.76. The van der Waals surface area contributed by atoms with E-state index in [0.29, 0.717) is 5.92 Å². The third kappa shape index (κ3) is 6.38. The van der Waals surface area contributed by atoms with Gasteiger partial charge < -0.3 is 0 Å². The molecule has 0 heteroatoms. The zero-order valence-electron chi connectivity index (χ0n) is 19.3. The Morgan fingerprint density at radius 2 is 1.67 bits per heavy atom. The maximum Gasteiger partial charge on any atom is -0.000462 e. The number of allylic oxidation sites excluding steroid dienone is 7. The molecule has 0 nitrogen and oxygen atoms in total. The molecular formula is C27H40. The molecule has 0 saturated heterocycles. The maximum absolute atomic E-state index is 4.07. The van der Waals surface area contributed by atoms with Crippen LogP contribution < -0.4 is 0 Å². The van der Waals surface area contributed by atoms with Crippen LogP contribution in [0.2, 0.25) is 0 Å². The van der Waals surface area contributed by atoms with Gasteiger partial charge in [-0.3, -0.25) is 0 Å². The van der Waals surface area contributed by atoms with Crippen LogP contribution in [0.25, 0.3) is 5.57 Å². The van der Waals surface area contributed by atoms with Crippen molar-refractivity contribution >= 4 is 5.57 Å². The first-order chi connectivity index (χ1) is 12.3. The van der Waals surface area contributed by atoms with E-state index < -0.39 is 0 Å². The Morgan fingerprint density at radius 1 is 1.07 bits per heavy atom. The molecule has 0 amide bonds. The fraction of sp³-hybridized carbons (Fsp3) is 0.481. The fourth-order valence-electron chi connectivity index (χ4n) is 3.36. The first kappa shape index (κ1) is 23.2. The molecule has 1 aromatic rings. The highest BCUT2D eigenvalue weighted by Gasteiger charge is 2.17. The van der Waals surface area contributed by atoms with Gasteiger partial charge in [-0.15, -0.1) is 0 Å². The minimum absolute atomic E-state index is 0.138. The number of rotatable bonds is 5. The summed E-state index contributed by atoms with van der Waals surface area (Å²) in [6.07, 6.45) is 8.89. The molecule has 1 aromatic carbocycles. The summed E-state index contributed by atoms with van der Waals surface area (Å²) >= 11 is 0. The van der Waals surface area contributed by atoms with Crippen molar-refractivity contribution in [2.45, 2.75) is 74.7 Å². The molecule has 0 aliphatic heterocycles. The predicted octanol–water partition coefficient (Wildman–Crippen LogP) is 8.44. The van der Waals surface area contributed by atoms with Gasteiger partial charge in [0.05, 0.1) is 0 Å². The van der Waals surface area contributed by atoms with Crippen LogP contribution in [0, 0.1) is 18.3 Å². The van der Waals surface area contributed by atoms with Crippen LogP contribution in [0.4, 0.5) is 0 Å². The minimum Gasteiger partial charge on any atom is -0.0988 e. The van der Waals surface area contributed by atoms with Crippen molar-refractivity contribution in [1.82, 2.24) is 0 Å². The smallest absolute Gasteiger partial charge is 0.000462 e. The second-order valence-electron chi connectivity index (χ2n) is 9.76. The molecule has 1 unspecified atom stereocenters. The summed E-state index contributed by atoms with van der Waals surface area (Å²) in [7, 11) is 0. The number of hydrogen-bond donors (Lipinski definition) is 0. The molecule has 27 heavy (non-hydrogen) atoms. The first-order valence-electron chi connectivity index (χ1n) is 10.1. The van der Waals surface area contributed by atoms with Crippen molar-refractivity contribution in [1.29, 1.82) is 0 Å². The second kappa shape index (κ2) is 8.91. The quantitative estimate of drug-likeness (QED) is 0.460. The Morgan fingerprint density at radius 3 is 2.11 bits per heavy atom. The maximum atomic E-state index is 4.07. The third-order valence-electron chi connectivity index (χ3n) is 5.29. The van der Waals surface area contributed by atoms with Gasteiger partial charge in [0.25, 0.3) is 0 Å². The average Bonchev–Trinajstić information content (AvgIpc) is 2.53. The van der Waals surface area contributed by atoms with Gasteiger partial charge in [0.1, 0.15) is 0 Å². The molecule has 0 aliphatic rings. The van der Waals surface area contributed by atoms with Crippen molar-refractivity contribution < 1.29 is 0 Å². The van der Waals surface area contributed by atoms with Crippen LogP contribution in [-0.2, 0) is 5.41 Å². The van der Waals surface area contributed by atoms with Crippen molar-refractivity contribution in [3.63, 3.8) is 0 Å². The molecular weight excluding hydrogens is 324 g/mol. The van der Waals surface area contributed by atoms with Gasteiger partial charge in [-0.2, -0.15) is 0 Å². The summed E-state index contributed by atoms with van der Waals surface area (Å²) in [4.78, 5) is 0. The van der Waals surface area contributed by atoms with E-state index in [1.165, 1.54) is 33.4 Å². The molecule has 1 atom stereocenters. The summed E-state index contributed by atoms with van der Waals surface area (Å²) in [5, 5.41) is 0. The van der Waals surface area contributed by atoms with Crippen LogP contribution in [0.5, 0.6) is 0 Å². The molecule has 0 aromatic heterocycles. The Bertz CT molecular complexity index is 752. The largest absolute Gasteiger partial charge is 0.0988 e. The van der Waals surface area contributed by atoms with Crippen molar-refractivity contribution in [3.05, 3.63) is 76.9 Å². The summed E-state index contributed by atoms with van der Waals surface area (Å²) in [5.41, 5.74) is 8.30. The molecule has 0 bridgehead atoms. The fourth-order valence-corrected chi connectivity index (χ4v) is 3.36. The highest BCUT2D eigenvalue weighted by Crippen LogP contribution is 2.31. The van der Waals surface area contributed by atoms with E-state index >= 15 is 0 Å². The van der Waals surface area contributed by atoms with E-state index in [-0.39, 0.29) is 10.8 Å². The SMILES string of the molecule is C=CC(=CC(=CC)C(C)(C)C)C(C)C=C(C)c1cc(C(C)(C)C)ccc1C. The first-order valence-corrected chi connectivity index (χ1v) is 10.1. The molecule has 0 fully saturated rings. The Hall–Kier alpha value is -1.82. The lowest BCUT2D eigenvalue weighted by Crippen LogP contribution is -2.11. The van der Waals surface area contributed by atoms with Crippen molar-refractivity contribution in [2.24, 2.45) is 11.3 Å². The molecule has 0 N–H and O–H groups in total. The minimum atomic E-state index is 0.138. The molecule has 0 spiro atoms. The van der Waals surface area contributed by atoms with E-state index in [4.69, 9.17) is 0 Å². The summed E-state index contributed by atoms with van der Waals surface area (Å²) in [6, 6.07) is 6.86. The van der Waals surface area contributed by atoms with Crippen LogP contribution in [0.1, 0.15) is 79.0 Å². The van der Waals surface area contributed by atoms with E-state index in [1.54, 1.807) is 0 Å². The Kier molecular flexibility index (Phi) is 7.66. The van der Waals surface area contributed by atoms with Crippen LogP contribution >= 0.6 is 0 Å².